The van der Waals surface area contributed by atoms with Crippen molar-refractivity contribution in [3.05, 3.63) is 0 Å². The molecule has 3 nitrogen and oxygen atoms in total. The lowest BCUT2D eigenvalue weighted by molar-refractivity contribution is -0.149. The van der Waals surface area contributed by atoms with E-state index in [9.17, 15) is 13.6 Å². The van der Waals surface area contributed by atoms with Gasteiger partial charge in [-0.2, -0.15) is 0 Å². The Bertz CT molecular complexity index is 140. The predicted molar refractivity (Wildman–Crippen MR) is 30.8 cm³/mol. The summed E-state index contributed by atoms with van der Waals surface area (Å²) in [7, 11) is 0. The molecule has 0 saturated carbocycles. The highest BCUT2D eigenvalue weighted by Gasteiger charge is 2.41. The van der Waals surface area contributed by atoms with Gasteiger partial charge in [0.2, 0.25) is 0 Å². The van der Waals surface area contributed by atoms with Gasteiger partial charge in [-0.25, -0.2) is 13.6 Å². The van der Waals surface area contributed by atoms with E-state index >= 15 is 0 Å². The van der Waals surface area contributed by atoms with Crippen LogP contribution in [0.1, 0.15) is 13.3 Å². The van der Waals surface area contributed by atoms with Gasteiger partial charge in [-0.05, 0) is 6.42 Å². The summed E-state index contributed by atoms with van der Waals surface area (Å²) in [4.78, 5) is 10.1. The van der Waals surface area contributed by atoms with Crippen LogP contribution in [0, 0.1) is 0 Å². The van der Waals surface area contributed by atoms with Crippen LogP contribution >= 0.6 is 0 Å². The number of hydrogen-bond acceptors (Lipinski definition) is 2. The Labute approximate surface area is 56.8 Å². The van der Waals surface area contributed by atoms with E-state index in [0.29, 0.717) is 0 Å². The number of carboxylic acid groups (broad SMARTS) is 1. The number of halogens is 2. The van der Waals surface area contributed by atoms with Crippen molar-refractivity contribution in [2.45, 2.75) is 25.3 Å². The summed E-state index contributed by atoms with van der Waals surface area (Å²) in [5.41, 5.74) is 2.46. The first-order valence-corrected chi connectivity index (χ1v) is 2.75. The van der Waals surface area contributed by atoms with Crippen LogP contribution in [-0.4, -0.2) is 23.0 Å². The van der Waals surface area contributed by atoms with E-state index in [1.807, 2.05) is 0 Å². The standard InChI is InChI=1S/C5H9F2NO2/c1-2-5(8,3(6)7)4(9)10/h3H,2,8H2,1H3,(H,9,10). The zero-order valence-electron chi connectivity index (χ0n) is 5.47. The molecule has 1 atom stereocenters. The van der Waals surface area contributed by atoms with Crippen LogP contribution in [0.2, 0.25) is 0 Å². The van der Waals surface area contributed by atoms with Crippen LogP contribution in [0.3, 0.4) is 0 Å². The second kappa shape index (κ2) is 2.92. The SMILES string of the molecule is CCC(N)(C(=O)O)C(F)F. The second-order valence-electron chi connectivity index (χ2n) is 2.00. The fourth-order valence-corrected chi connectivity index (χ4v) is 0.399. The molecular formula is C5H9F2NO2. The molecule has 5 heteroatoms. The van der Waals surface area contributed by atoms with Gasteiger partial charge in [0.15, 0.2) is 5.54 Å². The summed E-state index contributed by atoms with van der Waals surface area (Å²) in [5, 5.41) is 8.20. The van der Waals surface area contributed by atoms with Crippen molar-refractivity contribution < 1.29 is 18.7 Å². The fraction of sp³-hybridized carbons (Fsp3) is 0.800. The van der Waals surface area contributed by atoms with Gasteiger partial charge in [-0.3, -0.25) is 0 Å². The maximum Gasteiger partial charge on any atom is 0.329 e. The van der Waals surface area contributed by atoms with Gasteiger partial charge >= 0.3 is 5.97 Å². The maximum atomic E-state index is 11.8. The molecular weight excluding hydrogens is 144 g/mol. The Morgan fingerprint density at radius 3 is 2.20 bits per heavy atom. The minimum absolute atomic E-state index is 0.278. The maximum absolute atomic E-state index is 11.8. The third-order valence-corrected chi connectivity index (χ3v) is 1.37. The van der Waals surface area contributed by atoms with Gasteiger partial charge < -0.3 is 10.8 Å². The van der Waals surface area contributed by atoms with Crippen LogP contribution in [0.25, 0.3) is 0 Å². The number of carbonyl (C=O) groups is 1. The topological polar surface area (TPSA) is 63.3 Å². The van der Waals surface area contributed by atoms with Crippen LogP contribution in [-0.2, 0) is 4.79 Å². The predicted octanol–water partition coefficient (Wildman–Crippen LogP) is 0.444. The van der Waals surface area contributed by atoms with Crippen molar-refractivity contribution in [2.24, 2.45) is 5.73 Å². The molecule has 0 aliphatic heterocycles. The van der Waals surface area contributed by atoms with Crippen LogP contribution < -0.4 is 5.73 Å². The highest BCUT2D eigenvalue weighted by molar-refractivity contribution is 5.78. The van der Waals surface area contributed by atoms with Crippen molar-refractivity contribution in [3.63, 3.8) is 0 Å². The monoisotopic (exact) mass is 153 g/mol. The van der Waals surface area contributed by atoms with E-state index in [2.05, 4.69) is 0 Å². The normalized spacial score (nSPS) is 16.9. The second-order valence-corrected chi connectivity index (χ2v) is 2.00. The van der Waals surface area contributed by atoms with Crippen LogP contribution in [0.5, 0.6) is 0 Å². The molecule has 3 N–H and O–H groups in total. The van der Waals surface area contributed by atoms with Crippen LogP contribution in [0.4, 0.5) is 8.78 Å². The highest BCUT2D eigenvalue weighted by atomic mass is 19.3. The third-order valence-electron chi connectivity index (χ3n) is 1.37. The smallest absolute Gasteiger partial charge is 0.329 e. The Morgan fingerprint density at radius 2 is 2.20 bits per heavy atom. The van der Waals surface area contributed by atoms with E-state index in [-0.39, 0.29) is 6.42 Å². The first-order chi connectivity index (χ1) is 4.45. The van der Waals surface area contributed by atoms with Gasteiger partial charge in [0.1, 0.15) is 0 Å². The van der Waals surface area contributed by atoms with Crippen molar-refractivity contribution in [2.75, 3.05) is 0 Å². The lowest BCUT2D eigenvalue weighted by Gasteiger charge is -2.20. The summed E-state index contributed by atoms with van der Waals surface area (Å²) < 4.78 is 23.7. The quantitative estimate of drug-likeness (QED) is 0.618. The molecule has 0 amide bonds. The molecule has 0 fully saturated rings. The van der Waals surface area contributed by atoms with E-state index in [0.717, 1.165) is 0 Å². The molecule has 0 aromatic carbocycles. The molecule has 0 radical (unpaired) electrons. The molecule has 0 bridgehead atoms. The zero-order valence-corrected chi connectivity index (χ0v) is 5.47. The molecule has 10 heavy (non-hydrogen) atoms. The fourth-order valence-electron chi connectivity index (χ4n) is 0.399. The first-order valence-electron chi connectivity index (χ1n) is 2.75. The average molecular weight is 153 g/mol. The molecule has 0 aromatic heterocycles. The summed E-state index contributed by atoms with van der Waals surface area (Å²) in [5.74, 6) is -1.66. The third kappa shape index (κ3) is 1.41. The number of rotatable bonds is 3. The van der Waals surface area contributed by atoms with Crippen LogP contribution in [0.15, 0.2) is 0 Å². The van der Waals surface area contributed by atoms with Gasteiger partial charge in [-0.1, -0.05) is 6.92 Å². The molecule has 0 aromatic rings. The summed E-state index contributed by atoms with van der Waals surface area (Å²) in [6, 6.07) is 0. The Morgan fingerprint density at radius 1 is 1.80 bits per heavy atom. The summed E-state index contributed by atoms with van der Waals surface area (Å²) in [6.45, 7) is 1.31. The minimum Gasteiger partial charge on any atom is -0.480 e. The number of nitrogens with two attached hydrogens (primary N) is 1. The van der Waals surface area contributed by atoms with Crippen molar-refractivity contribution >= 4 is 5.97 Å². The van der Waals surface area contributed by atoms with E-state index in [1.54, 1.807) is 0 Å². The van der Waals surface area contributed by atoms with E-state index in [4.69, 9.17) is 10.8 Å². The summed E-state index contributed by atoms with van der Waals surface area (Å²) >= 11 is 0. The van der Waals surface area contributed by atoms with Crippen molar-refractivity contribution in [1.29, 1.82) is 0 Å². The van der Waals surface area contributed by atoms with Gasteiger partial charge in [-0.15, -0.1) is 0 Å². The number of hydrogen-bond donors (Lipinski definition) is 2. The Kier molecular flexibility index (Phi) is 2.71. The molecule has 0 rings (SSSR count). The zero-order chi connectivity index (χ0) is 8.36. The van der Waals surface area contributed by atoms with Gasteiger partial charge in [0.05, 0.1) is 0 Å². The molecule has 1 unspecified atom stereocenters. The number of carboxylic acids is 1. The number of aliphatic carboxylic acids is 1. The lowest BCUT2D eigenvalue weighted by atomic mass is 9.99. The van der Waals surface area contributed by atoms with Crippen molar-refractivity contribution in [3.8, 4) is 0 Å². The van der Waals surface area contributed by atoms with Gasteiger partial charge in [0, 0.05) is 0 Å². The average Bonchev–Trinajstić information content (AvgIpc) is 1.85. The largest absolute Gasteiger partial charge is 0.480 e. The molecule has 0 aliphatic carbocycles. The van der Waals surface area contributed by atoms with E-state index in [1.165, 1.54) is 6.92 Å². The molecule has 0 heterocycles. The Balaban J connectivity index is 4.38. The minimum atomic E-state index is -3.02. The Hall–Kier alpha value is -0.710. The van der Waals surface area contributed by atoms with E-state index < -0.39 is 17.9 Å². The summed E-state index contributed by atoms with van der Waals surface area (Å²) in [6.07, 6.45) is -3.30. The number of alkyl halides is 2. The lowest BCUT2D eigenvalue weighted by Crippen LogP contribution is -2.53. The molecule has 60 valence electrons. The molecule has 0 aliphatic rings. The first kappa shape index (κ1) is 9.29. The van der Waals surface area contributed by atoms with Gasteiger partial charge in [0.25, 0.3) is 6.43 Å². The molecule has 0 spiro atoms. The van der Waals surface area contributed by atoms with Crippen molar-refractivity contribution in [1.82, 2.24) is 0 Å². The highest BCUT2D eigenvalue weighted by Crippen LogP contribution is 2.16. The molecule has 0 saturated heterocycles.